The molecule has 0 radical (unpaired) electrons. The lowest BCUT2D eigenvalue weighted by Gasteiger charge is -2.37. The van der Waals surface area contributed by atoms with Crippen LogP contribution in [0.1, 0.15) is 31.2 Å². The van der Waals surface area contributed by atoms with Crippen LogP contribution in [-0.2, 0) is 14.8 Å². The molecule has 112 valence electrons. The molecule has 0 aliphatic carbocycles. The molecule has 0 spiro atoms. The highest BCUT2D eigenvalue weighted by Crippen LogP contribution is 2.37. The number of carboxylic acid groups (broad SMARTS) is 1. The Hall–Kier alpha value is -0.990. The van der Waals surface area contributed by atoms with Crippen molar-refractivity contribution in [3.63, 3.8) is 0 Å². The van der Waals surface area contributed by atoms with E-state index in [9.17, 15) is 18.3 Å². The molecule has 0 saturated carbocycles. The number of piperidine rings is 1. The normalized spacial score (nSPS) is 19.9. The van der Waals surface area contributed by atoms with Gasteiger partial charge >= 0.3 is 5.97 Å². The molecule has 1 saturated heterocycles. The third-order valence-electron chi connectivity index (χ3n) is 4.00. The lowest BCUT2D eigenvalue weighted by atomic mass is 9.77. The maximum atomic E-state index is 12.4. The third-order valence-corrected chi connectivity index (χ3v) is 7.25. The van der Waals surface area contributed by atoms with Crippen molar-refractivity contribution in [1.29, 1.82) is 0 Å². The van der Waals surface area contributed by atoms with Gasteiger partial charge in [0.2, 0.25) is 0 Å². The van der Waals surface area contributed by atoms with E-state index in [0.29, 0.717) is 24.3 Å². The van der Waals surface area contributed by atoms with E-state index in [-0.39, 0.29) is 17.3 Å². The van der Waals surface area contributed by atoms with Crippen molar-refractivity contribution in [3.8, 4) is 0 Å². The smallest absolute Gasteiger partial charge is 0.309 e. The van der Waals surface area contributed by atoms with Gasteiger partial charge in [0.1, 0.15) is 0 Å². The zero-order chi connectivity index (χ0) is 15.0. The summed E-state index contributed by atoms with van der Waals surface area (Å²) in [5, 5.41) is 10.0. The Bertz CT molecular complexity index is 601. The number of hydrogen-bond donors (Lipinski definition) is 1. The molecule has 1 aromatic heterocycles. The molecule has 0 unspecified atom stereocenters. The minimum Gasteiger partial charge on any atom is -0.481 e. The molecule has 0 atom stereocenters. The van der Waals surface area contributed by atoms with Crippen LogP contribution < -0.4 is 0 Å². The van der Waals surface area contributed by atoms with E-state index >= 15 is 0 Å². The van der Waals surface area contributed by atoms with Crippen LogP contribution in [0.25, 0.3) is 0 Å². The first kappa shape index (κ1) is 15.4. The van der Waals surface area contributed by atoms with Gasteiger partial charge in [-0.2, -0.15) is 4.31 Å². The molecule has 8 heteroatoms. The molecule has 0 amide bonds. The quantitative estimate of drug-likeness (QED) is 0.913. The molecular weight excluding hydrogens is 300 g/mol. The van der Waals surface area contributed by atoms with E-state index in [1.807, 2.05) is 6.92 Å². The molecule has 1 aliphatic heterocycles. The number of sulfonamides is 1. The number of rotatable bonds is 4. The summed E-state index contributed by atoms with van der Waals surface area (Å²) in [6, 6.07) is 0. The Balaban J connectivity index is 2.16. The summed E-state index contributed by atoms with van der Waals surface area (Å²) in [5.41, 5.74) is -0.782. The average Bonchev–Trinajstić information content (AvgIpc) is 2.86. The van der Waals surface area contributed by atoms with E-state index in [1.165, 1.54) is 10.5 Å². The number of nitrogens with zero attached hydrogens (tertiary/aromatic N) is 2. The monoisotopic (exact) mass is 318 g/mol. The maximum absolute atomic E-state index is 12.4. The number of carboxylic acids is 1. The van der Waals surface area contributed by atoms with Crippen LogP contribution in [0, 0.1) is 12.3 Å². The Labute approximate surface area is 122 Å². The molecule has 1 aliphatic rings. The minimum absolute atomic E-state index is 0.231. The first-order valence-corrected chi connectivity index (χ1v) is 8.73. The van der Waals surface area contributed by atoms with Crippen LogP contribution in [-0.4, -0.2) is 41.9 Å². The van der Waals surface area contributed by atoms with Gasteiger partial charge in [-0.15, -0.1) is 11.3 Å². The van der Waals surface area contributed by atoms with Crippen LogP contribution in [0.3, 0.4) is 0 Å². The van der Waals surface area contributed by atoms with Gasteiger partial charge in [-0.3, -0.25) is 4.79 Å². The van der Waals surface area contributed by atoms with Crippen LogP contribution in [0.2, 0.25) is 0 Å². The SMILES string of the molecule is CCC1(C(=O)O)CCN(S(=O)(=O)c2cnc(C)s2)CC1. The van der Waals surface area contributed by atoms with E-state index in [4.69, 9.17) is 0 Å². The third kappa shape index (κ3) is 2.59. The lowest BCUT2D eigenvalue weighted by molar-refractivity contribution is -0.151. The average molecular weight is 318 g/mol. The number of aromatic nitrogens is 1. The second kappa shape index (κ2) is 5.42. The van der Waals surface area contributed by atoms with E-state index in [2.05, 4.69) is 4.98 Å². The standard InChI is InChI=1S/C12H18N2O4S2/c1-3-12(11(15)16)4-6-14(7-5-12)20(17,18)10-8-13-9(2)19-10/h8H,3-7H2,1-2H3,(H,15,16). The number of carbonyl (C=O) groups is 1. The predicted octanol–water partition coefficient (Wildman–Crippen LogP) is 1.72. The molecule has 6 nitrogen and oxygen atoms in total. The van der Waals surface area contributed by atoms with Crippen molar-refractivity contribution >= 4 is 27.3 Å². The highest BCUT2D eigenvalue weighted by atomic mass is 32.2. The van der Waals surface area contributed by atoms with E-state index in [0.717, 1.165) is 11.3 Å². The second-order valence-electron chi connectivity index (χ2n) is 5.04. The summed E-state index contributed by atoms with van der Waals surface area (Å²) in [5.74, 6) is -0.828. The van der Waals surface area contributed by atoms with Crippen LogP contribution in [0.15, 0.2) is 10.4 Å². The van der Waals surface area contributed by atoms with Gasteiger partial charge in [0.05, 0.1) is 16.6 Å². The number of aliphatic carboxylic acids is 1. The molecule has 0 aromatic carbocycles. The van der Waals surface area contributed by atoms with Gasteiger partial charge in [-0.05, 0) is 26.2 Å². The van der Waals surface area contributed by atoms with Crippen molar-refractivity contribution in [2.24, 2.45) is 5.41 Å². The highest BCUT2D eigenvalue weighted by Gasteiger charge is 2.42. The summed E-state index contributed by atoms with van der Waals surface area (Å²) in [6.07, 6.45) is 2.61. The van der Waals surface area contributed by atoms with Crippen molar-refractivity contribution in [1.82, 2.24) is 9.29 Å². The number of thiazole rings is 1. The fraction of sp³-hybridized carbons (Fsp3) is 0.667. The largest absolute Gasteiger partial charge is 0.481 e. The van der Waals surface area contributed by atoms with Crippen molar-refractivity contribution in [3.05, 3.63) is 11.2 Å². The second-order valence-corrected chi connectivity index (χ2v) is 8.44. The van der Waals surface area contributed by atoms with Gasteiger partial charge in [0.15, 0.2) is 4.21 Å². The summed E-state index contributed by atoms with van der Waals surface area (Å²) >= 11 is 1.14. The molecule has 1 aromatic rings. The van der Waals surface area contributed by atoms with Gasteiger partial charge in [0.25, 0.3) is 10.0 Å². The van der Waals surface area contributed by atoms with Crippen LogP contribution in [0.5, 0.6) is 0 Å². The molecule has 1 N–H and O–H groups in total. The Morgan fingerprint density at radius 2 is 2.10 bits per heavy atom. The number of hydrogen-bond acceptors (Lipinski definition) is 5. The zero-order valence-electron chi connectivity index (χ0n) is 11.5. The van der Waals surface area contributed by atoms with E-state index in [1.54, 1.807) is 6.92 Å². The first-order chi connectivity index (χ1) is 9.32. The maximum Gasteiger partial charge on any atom is 0.309 e. The minimum atomic E-state index is -3.53. The molecule has 2 heterocycles. The van der Waals surface area contributed by atoms with Crippen molar-refractivity contribution in [2.45, 2.75) is 37.3 Å². The van der Waals surface area contributed by atoms with Crippen molar-refractivity contribution in [2.75, 3.05) is 13.1 Å². The van der Waals surface area contributed by atoms with Gasteiger partial charge < -0.3 is 5.11 Å². The van der Waals surface area contributed by atoms with Crippen LogP contribution >= 0.6 is 11.3 Å². The summed E-state index contributed by atoms with van der Waals surface area (Å²) in [6.45, 7) is 4.09. The highest BCUT2D eigenvalue weighted by molar-refractivity contribution is 7.91. The molecule has 2 rings (SSSR count). The Kier molecular flexibility index (Phi) is 4.17. The fourth-order valence-corrected chi connectivity index (χ4v) is 5.17. The topological polar surface area (TPSA) is 87.6 Å². The van der Waals surface area contributed by atoms with Gasteiger partial charge in [-0.25, -0.2) is 13.4 Å². The molecular formula is C12H18N2O4S2. The predicted molar refractivity (Wildman–Crippen MR) is 75.2 cm³/mol. The molecule has 20 heavy (non-hydrogen) atoms. The summed E-state index contributed by atoms with van der Waals surface area (Å²) in [4.78, 5) is 15.3. The molecule has 1 fully saturated rings. The van der Waals surface area contributed by atoms with Gasteiger partial charge in [-0.1, -0.05) is 6.92 Å². The first-order valence-electron chi connectivity index (χ1n) is 6.48. The Morgan fingerprint density at radius 3 is 2.50 bits per heavy atom. The fourth-order valence-electron chi connectivity index (χ4n) is 2.46. The summed E-state index contributed by atoms with van der Waals surface area (Å²) in [7, 11) is -3.53. The van der Waals surface area contributed by atoms with Crippen LogP contribution in [0.4, 0.5) is 0 Å². The molecule has 0 bridgehead atoms. The zero-order valence-corrected chi connectivity index (χ0v) is 13.1. The number of aryl methyl sites for hydroxylation is 1. The Morgan fingerprint density at radius 1 is 1.50 bits per heavy atom. The van der Waals surface area contributed by atoms with Gasteiger partial charge in [0, 0.05) is 13.1 Å². The summed E-state index contributed by atoms with van der Waals surface area (Å²) < 4.78 is 26.4. The van der Waals surface area contributed by atoms with E-state index < -0.39 is 21.4 Å². The van der Waals surface area contributed by atoms with Crippen molar-refractivity contribution < 1.29 is 18.3 Å². The lowest BCUT2D eigenvalue weighted by Crippen LogP contribution is -2.46.